The second-order valence-corrected chi connectivity index (χ2v) is 15.5. The minimum absolute atomic E-state index is 0. The number of nitrogens with zero attached hydrogens (tertiary/aromatic N) is 1. The van der Waals surface area contributed by atoms with E-state index in [-0.39, 0.29) is 48.6 Å². The van der Waals surface area contributed by atoms with E-state index in [1.54, 1.807) is 27.0 Å². The highest BCUT2D eigenvalue weighted by atomic mass is 35.5. The summed E-state index contributed by atoms with van der Waals surface area (Å²) in [4.78, 5) is 15.2. The molecule has 14 heteroatoms. The van der Waals surface area contributed by atoms with Crippen molar-refractivity contribution in [3.05, 3.63) is 52.6 Å². The summed E-state index contributed by atoms with van der Waals surface area (Å²) in [6.45, 7) is 12.2. The van der Waals surface area contributed by atoms with Crippen molar-refractivity contribution >= 4 is 24.3 Å². The zero-order chi connectivity index (χ0) is 38.2. The van der Waals surface area contributed by atoms with Gasteiger partial charge in [0.05, 0.1) is 30.9 Å². The molecule has 4 heterocycles. The van der Waals surface area contributed by atoms with Crippen molar-refractivity contribution in [2.75, 3.05) is 41.0 Å². The van der Waals surface area contributed by atoms with Crippen molar-refractivity contribution in [1.82, 2.24) is 4.90 Å². The van der Waals surface area contributed by atoms with Gasteiger partial charge in [0, 0.05) is 31.1 Å². The maximum absolute atomic E-state index is 13.1. The Kier molecular flexibility index (Phi) is 13.6. The van der Waals surface area contributed by atoms with Gasteiger partial charge in [-0.3, -0.25) is 4.79 Å². The molecule has 0 radical (unpaired) electrons. The fourth-order valence-corrected chi connectivity index (χ4v) is 6.73. The lowest BCUT2D eigenvalue weighted by Crippen LogP contribution is -2.46. The van der Waals surface area contributed by atoms with Crippen LogP contribution in [0, 0.1) is 0 Å². The van der Waals surface area contributed by atoms with E-state index in [4.69, 9.17) is 38.3 Å². The summed E-state index contributed by atoms with van der Waals surface area (Å²) >= 11 is 0. The third kappa shape index (κ3) is 9.83. The van der Waals surface area contributed by atoms with Crippen LogP contribution < -0.4 is 14.2 Å². The number of carbonyl (C=O) groups is 1. The summed E-state index contributed by atoms with van der Waals surface area (Å²) in [5, 5.41) is 39.9. The SMILES string of the molecule is CN(C)CCCOC1C(C(O)CO)OC2OC(C)(C)OC21.COc1c(CC(=O)c2cc3c(cc2O)OC(C)(C)C(O)C3)ccc2c1C=CC(C)(C)O2.Cl. The molecule has 0 saturated carbocycles. The molecule has 0 bridgehead atoms. The van der Waals surface area contributed by atoms with E-state index >= 15 is 0 Å². The van der Waals surface area contributed by atoms with Gasteiger partial charge in [-0.05, 0) is 98.5 Å². The van der Waals surface area contributed by atoms with Gasteiger partial charge in [0.1, 0.15) is 58.6 Å². The number of rotatable bonds is 11. The molecule has 13 nitrogen and oxygen atoms in total. The standard InChI is InChI=1S/C25H28O6.C14H27NO6.ClH/c1-24(2)9-8-16-20(30-24)7-6-14(23(16)29-5)11-18(26)17-10-15-12-22(28)25(3,4)31-21(15)13-19(17)27;1-14(2)20-12-11(18-7-5-6-15(3)4)10(9(17)8-16)19-13(12)21-14;/h6-10,13,22,27-28H,11-12H2,1-5H3;9-13,16-17H,5-8H2,1-4H3;1H. The molecule has 6 rings (SSSR count). The number of hydrogen-bond donors (Lipinski definition) is 4. The number of aromatic hydroxyl groups is 1. The van der Waals surface area contributed by atoms with Gasteiger partial charge in [-0.1, -0.05) is 6.07 Å². The average Bonchev–Trinajstić information content (AvgIpc) is 3.54. The van der Waals surface area contributed by atoms with Crippen molar-refractivity contribution in [1.29, 1.82) is 0 Å². The number of hydrogen-bond acceptors (Lipinski definition) is 13. The average molecular weight is 766 g/mol. The number of aliphatic hydroxyl groups excluding tert-OH is 3. The number of ketones is 1. The molecule has 0 amide bonds. The largest absolute Gasteiger partial charge is 0.507 e. The van der Waals surface area contributed by atoms with Crippen LogP contribution in [0.15, 0.2) is 30.3 Å². The van der Waals surface area contributed by atoms with Crippen LogP contribution in [0.25, 0.3) is 6.08 Å². The van der Waals surface area contributed by atoms with Crippen LogP contribution in [-0.4, -0.2) is 126 Å². The minimum Gasteiger partial charge on any atom is -0.507 e. The summed E-state index contributed by atoms with van der Waals surface area (Å²) < 4.78 is 40.4. The first-order valence-corrected chi connectivity index (χ1v) is 17.8. The molecule has 4 aliphatic heterocycles. The number of fused-ring (bicyclic) bond motifs is 3. The summed E-state index contributed by atoms with van der Waals surface area (Å²) in [5.41, 5.74) is 1.22. The Bertz CT molecular complexity index is 1630. The summed E-state index contributed by atoms with van der Waals surface area (Å²) in [6, 6.07) is 6.72. The molecule has 2 aromatic carbocycles. The maximum Gasteiger partial charge on any atom is 0.190 e. The van der Waals surface area contributed by atoms with Crippen molar-refractivity contribution in [2.24, 2.45) is 0 Å². The lowest BCUT2D eigenvalue weighted by molar-refractivity contribution is -0.231. The van der Waals surface area contributed by atoms with Gasteiger partial charge in [-0.25, -0.2) is 0 Å². The highest BCUT2D eigenvalue weighted by molar-refractivity contribution is 6.01. The molecule has 6 atom stereocenters. The molecule has 4 aliphatic rings. The number of phenolic OH excluding ortho intramolecular Hbond substituents is 1. The van der Waals surface area contributed by atoms with E-state index in [1.807, 2.05) is 66.1 Å². The molecule has 2 fully saturated rings. The van der Waals surface area contributed by atoms with Gasteiger partial charge >= 0.3 is 0 Å². The van der Waals surface area contributed by atoms with Gasteiger partial charge in [0.25, 0.3) is 0 Å². The van der Waals surface area contributed by atoms with E-state index in [9.17, 15) is 20.1 Å². The molecule has 0 spiro atoms. The molecule has 0 aromatic heterocycles. The van der Waals surface area contributed by atoms with Crippen molar-refractivity contribution in [3.8, 4) is 23.0 Å². The first-order chi connectivity index (χ1) is 24.3. The Labute approximate surface area is 318 Å². The maximum atomic E-state index is 13.1. The second-order valence-electron chi connectivity index (χ2n) is 15.5. The number of aliphatic hydroxyl groups is 3. The fraction of sp³-hybridized carbons (Fsp3) is 0.615. The number of ether oxygens (including phenoxy) is 7. The predicted molar refractivity (Wildman–Crippen MR) is 199 cm³/mol. The third-order valence-corrected chi connectivity index (χ3v) is 9.54. The monoisotopic (exact) mass is 765 g/mol. The van der Waals surface area contributed by atoms with E-state index in [0.717, 1.165) is 18.5 Å². The van der Waals surface area contributed by atoms with Crippen LogP contribution in [0.4, 0.5) is 0 Å². The molecule has 4 N–H and O–H groups in total. The van der Waals surface area contributed by atoms with E-state index < -0.39 is 47.7 Å². The van der Waals surface area contributed by atoms with Crippen LogP contribution in [0.2, 0.25) is 0 Å². The molecule has 6 unspecified atom stereocenters. The molecule has 0 aliphatic carbocycles. The molecule has 53 heavy (non-hydrogen) atoms. The highest BCUT2D eigenvalue weighted by Gasteiger charge is 2.57. The number of methoxy groups -OCH3 is 1. The van der Waals surface area contributed by atoms with Crippen LogP contribution in [0.5, 0.6) is 23.0 Å². The second kappa shape index (κ2) is 16.8. The van der Waals surface area contributed by atoms with Crippen molar-refractivity contribution in [3.63, 3.8) is 0 Å². The smallest absolute Gasteiger partial charge is 0.190 e. The topological polar surface area (TPSA) is 166 Å². The molecular formula is C39H56ClNO12. The quantitative estimate of drug-likeness (QED) is 0.191. The van der Waals surface area contributed by atoms with Crippen LogP contribution in [0.3, 0.4) is 0 Å². The molecule has 2 saturated heterocycles. The number of halogens is 1. The fourth-order valence-electron chi connectivity index (χ4n) is 6.73. The molecule has 296 valence electrons. The number of carbonyl (C=O) groups excluding carboxylic acids is 1. The Hall–Kier alpha value is -2.98. The Balaban J connectivity index is 0.000000250. The summed E-state index contributed by atoms with van der Waals surface area (Å²) in [6.07, 6.45) is 1.42. The predicted octanol–water partition coefficient (Wildman–Crippen LogP) is 4.06. The van der Waals surface area contributed by atoms with Crippen molar-refractivity contribution in [2.45, 2.75) is 115 Å². The lowest BCUT2D eigenvalue weighted by Gasteiger charge is -2.37. The number of phenols is 1. The van der Waals surface area contributed by atoms with Gasteiger partial charge in [0.2, 0.25) is 0 Å². The van der Waals surface area contributed by atoms with Gasteiger partial charge in [0.15, 0.2) is 17.9 Å². The number of benzene rings is 2. The van der Waals surface area contributed by atoms with Crippen LogP contribution >= 0.6 is 12.4 Å². The normalized spacial score (nSPS) is 26.1. The Morgan fingerprint density at radius 2 is 1.77 bits per heavy atom. The third-order valence-electron chi connectivity index (χ3n) is 9.54. The molecule has 2 aromatic rings. The Morgan fingerprint density at radius 1 is 1.06 bits per heavy atom. The first kappa shape index (κ1) is 42.8. The van der Waals surface area contributed by atoms with E-state index in [1.165, 1.54) is 6.07 Å². The minimum atomic E-state index is -1.01. The van der Waals surface area contributed by atoms with E-state index in [2.05, 4.69) is 4.90 Å². The first-order valence-electron chi connectivity index (χ1n) is 17.8. The summed E-state index contributed by atoms with van der Waals surface area (Å²) in [5.74, 6) is 0.647. The van der Waals surface area contributed by atoms with Crippen LogP contribution in [0.1, 0.15) is 75.0 Å². The van der Waals surface area contributed by atoms with Crippen LogP contribution in [-0.2, 0) is 31.8 Å². The Morgan fingerprint density at radius 3 is 2.43 bits per heavy atom. The van der Waals surface area contributed by atoms with Gasteiger partial charge in [-0.2, -0.15) is 0 Å². The lowest BCUT2D eigenvalue weighted by atomic mass is 9.89. The molecular weight excluding hydrogens is 710 g/mol. The zero-order valence-corrected chi connectivity index (χ0v) is 32.9. The summed E-state index contributed by atoms with van der Waals surface area (Å²) in [7, 11) is 5.57. The number of Topliss-reactive ketones (excluding diaryl/α,β-unsaturated/α-hetero) is 1. The van der Waals surface area contributed by atoms with Crippen molar-refractivity contribution < 1.29 is 58.4 Å². The highest BCUT2D eigenvalue weighted by Crippen LogP contribution is 2.42. The zero-order valence-electron chi connectivity index (χ0n) is 32.1. The van der Waals surface area contributed by atoms with Gasteiger partial charge < -0.3 is 58.5 Å². The van der Waals surface area contributed by atoms with Gasteiger partial charge in [-0.15, -0.1) is 12.4 Å². The van der Waals surface area contributed by atoms with E-state index in [0.29, 0.717) is 41.4 Å².